The van der Waals surface area contributed by atoms with Crippen molar-refractivity contribution in [3.05, 3.63) is 11.6 Å². The van der Waals surface area contributed by atoms with Crippen molar-refractivity contribution in [2.24, 2.45) is 0 Å². The second-order valence-corrected chi connectivity index (χ2v) is 4.13. The van der Waals surface area contributed by atoms with Gasteiger partial charge in [0.15, 0.2) is 0 Å². The Morgan fingerprint density at radius 1 is 1.67 bits per heavy atom. The summed E-state index contributed by atoms with van der Waals surface area (Å²) in [6.07, 6.45) is 4.92. The first-order valence-electron chi connectivity index (χ1n) is 3.58. The highest BCUT2D eigenvalue weighted by molar-refractivity contribution is 7.99. The molecule has 0 spiro atoms. The van der Waals surface area contributed by atoms with Crippen LogP contribution < -0.4 is 0 Å². The monoisotopic (exact) mass is 142 g/mol. The maximum atomic E-state index is 2.31. The Balaban J connectivity index is 2.41. The summed E-state index contributed by atoms with van der Waals surface area (Å²) in [6.45, 7) is 4.46. The van der Waals surface area contributed by atoms with E-state index >= 15 is 0 Å². The summed E-state index contributed by atoms with van der Waals surface area (Å²) in [4.78, 5) is 0. The summed E-state index contributed by atoms with van der Waals surface area (Å²) < 4.78 is 0. The fourth-order valence-electron chi connectivity index (χ4n) is 1.18. The van der Waals surface area contributed by atoms with Gasteiger partial charge in [-0.15, -0.1) is 0 Å². The first-order valence-corrected chi connectivity index (χ1v) is 4.63. The van der Waals surface area contributed by atoms with Crippen LogP contribution in [0.4, 0.5) is 0 Å². The van der Waals surface area contributed by atoms with Crippen LogP contribution in [-0.4, -0.2) is 11.0 Å². The summed E-state index contributed by atoms with van der Waals surface area (Å²) in [6, 6.07) is 0. The largest absolute Gasteiger partial charge is 0.158 e. The average molecular weight is 142 g/mol. The Bertz CT molecular complexity index is 116. The van der Waals surface area contributed by atoms with E-state index in [1.165, 1.54) is 18.6 Å². The van der Waals surface area contributed by atoms with Gasteiger partial charge in [0.2, 0.25) is 0 Å². The fourth-order valence-corrected chi connectivity index (χ4v) is 2.30. The first-order chi connectivity index (χ1) is 4.33. The zero-order valence-electron chi connectivity index (χ0n) is 6.18. The Morgan fingerprint density at radius 2 is 2.44 bits per heavy atom. The van der Waals surface area contributed by atoms with E-state index < -0.39 is 0 Å². The molecule has 0 saturated carbocycles. The summed E-state index contributed by atoms with van der Waals surface area (Å²) in [5.74, 6) is 1.33. The lowest BCUT2D eigenvalue weighted by atomic mass is 10.1. The van der Waals surface area contributed by atoms with Gasteiger partial charge in [-0.25, -0.2) is 0 Å². The molecular formula is C8H14S. The van der Waals surface area contributed by atoms with Crippen LogP contribution in [0.15, 0.2) is 11.6 Å². The highest BCUT2D eigenvalue weighted by atomic mass is 32.2. The molecule has 0 N–H and O–H groups in total. The van der Waals surface area contributed by atoms with Crippen molar-refractivity contribution in [1.82, 2.24) is 0 Å². The summed E-state index contributed by atoms with van der Waals surface area (Å²) in [5, 5.41) is 0.866. The van der Waals surface area contributed by atoms with Crippen LogP contribution in [0, 0.1) is 0 Å². The number of thioether (sulfide) groups is 1. The maximum absolute atomic E-state index is 2.31. The third kappa shape index (κ3) is 2.05. The Kier molecular flexibility index (Phi) is 2.65. The maximum Gasteiger partial charge on any atom is 0.00559 e. The highest BCUT2D eigenvalue weighted by Gasteiger charge is 2.11. The molecule has 52 valence electrons. The van der Waals surface area contributed by atoms with Gasteiger partial charge in [-0.3, -0.25) is 0 Å². The molecular weight excluding hydrogens is 128 g/mol. The van der Waals surface area contributed by atoms with Crippen LogP contribution in [0.25, 0.3) is 0 Å². The minimum atomic E-state index is 0.866. The van der Waals surface area contributed by atoms with Crippen molar-refractivity contribution in [3.63, 3.8) is 0 Å². The molecule has 0 aromatic heterocycles. The fraction of sp³-hybridized carbons (Fsp3) is 0.750. The number of rotatable bonds is 0. The molecule has 1 fully saturated rings. The van der Waals surface area contributed by atoms with Crippen LogP contribution in [0.5, 0.6) is 0 Å². The lowest BCUT2D eigenvalue weighted by molar-refractivity contribution is 0.846. The quantitative estimate of drug-likeness (QED) is 0.469. The number of hydrogen-bond acceptors (Lipinski definition) is 1. The normalized spacial score (nSPS) is 33.1. The highest BCUT2D eigenvalue weighted by Crippen LogP contribution is 2.28. The van der Waals surface area contributed by atoms with Crippen LogP contribution in [0.3, 0.4) is 0 Å². The molecule has 1 saturated heterocycles. The summed E-state index contributed by atoms with van der Waals surface area (Å²) in [5.41, 5.74) is 1.65. The molecule has 0 nitrogen and oxygen atoms in total. The SMILES string of the molecule is C/C=C1/CCSC(C)C1. The van der Waals surface area contributed by atoms with E-state index in [9.17, 15) is 0 Å². The lowest BCUT2D eigenvalue weighted by Crippen LogP contribution is -2.06. The van der Waals surface area contributed by atoms with Gasteiger partial charge < -0.3 is 0 Å². The molecule has 1 heteroatoms. The predicted octanol–water partition coefficient (Wildman–Crippen LogP) is 2.85. The third-order valence-corrected chi connectivity index (χ3v) is 2.96. The molecule has 1 heterocycles. The third-order valence-electron chi connectivity index (χ3n) is 1.78. The molecule has 0 aromatic carbocycles. The lowest BCUT2D eigenvalue weighted by Gasteiger charge is -2.19. The van der Waals surface area contributed by atoms with E-state index in [4.69, 9.17) is 0 Å². The van der Waals surface area contributed by atoms with Crippen LogP contribution in [0.2, 0.25) is 0 Å². The summed E-state index contributed by atoms with van der Waals surface area (Å²) >= 11 is 2.10. The number of allylic oxidation sites excluding steroid dienone is 2. The van der Waals surface area contributed by atoms with E-state index in [0.29, 0.717) is 0 Å². The molecule has 9 heavy (non-hydrogen) atoms. The van der Waals surface area contributed by atoms with Gasteiger partial charge in [0.25, 0.3) is 0 Å². The van der Waals surface area contributed by atoms with Crippen molar-refractivity contribution in [2.45, 2.75) is 31.9 Å². The Labute approximate surface area is 61.7 Å². The molecule has 0 aromatic rings. The van der Waals surface area contributed by atoms with Gasteiger partial charge in [-0.05, 0) is 25.5 Å². The molecule has 1 unspecified atom stereocenters. The smallest absolute Gasteiger partial charge is 0.00559 e. The summed E-state index contributed by atoms with van der Waals surface area (Å²) in [7, 11) is 0. The first kappa shape index (κ1) is 7.20. The molecule has 1 atom stereocenters. The average Bonchev–Trinajstić information content (AvgIpc) is 1.88. The van der Waals surface area contributed by atoms with Gasteiger partial charge in [-0.1, -0.05) is 18.6 Å². The van der Waals surface area contributed by atoms with Crippen molar-refractivity contribution in [1.29, 1.82) is 0 Å². The molecule has 1 rings (SSSR count). The van der Waals surface area contributed by atoms with Gasteiger partial charge in [0.1, 0.15) is 0 Å². The minimum absolute atomic E-state index is 0.866. The minimum Gasteiger partial charge on any atom is -0.158 e. The van der Waals surface area contributed by atoms with E-state index in [2.05, 4.69) is 31.7 Å². The molecule has 1 aliphatic rings. The zero-order valence-corrected chi connectivity index (χ0v) is 7.00. The topological polar surface area (TPSA) is 0 Å². The van der Waals surface area contributed by atoms with E-state index in [1.807, 2.05) is 0 Å². The predicted molar refractivity (Wildman–Crippen MR) is 44.9 cm³/mol. The number of hydrogen-bond donors (Lipinski definition) is 0. The molecule has 0 amide bonds. The molecule has 0 radical (unpaired) electrons. The van der Waals surface area contributed by atoms with Gasteiger partial charge >= 0.3 is 0 Å². The second-order valence-electron chi connectivity index (χ2n) is 2.58. The van der Waals surface area contributed by atoms with Crippen molar-refractivity contribution >= 4 is 11.8 Å². The van der Waals surface area contributed by atoms with Gasteiger partial charge in [0, 0.05) is 5.25 Å². The van der Waals surface area contributed by atoms with Crippen LogP contribution in [0.1, 0.15) is 26.7 Å². The standard InChI is InChI=1S/C8H14S/c1-3-8-4-5-9-7(2)6-8/h3,7H,4-6H2,1-2H3/b8-3-. The van der Waals surface area contributed by atoms with Crippen molar-refractivity contribution < 1.29 is 0 Å². The Morgan fingerprint density at radius 3 is 2.89 bits per heavy atom. The van der Waals surface area contributed by atoms with Crippen LogP contribution in [-0.2, 0) is 0 Å². The molecule has 1 aliphatic heterocycles. The van der Waals surface area contributed by atoms with Crippen LogP contribution >= 0.6 is 11.8 Å². The molecule has 0 bridgehead atoms. The van der Waals surface area contributed by atoms with Crippen molar-refractivity contribution in [3.8, 4) is 0 Å². The Hall–Kier alpha value is 0.0900. The van der Waals surface area contributed by atoms with Crippen molar-refractivity contribution in [2.75, 3.05) is 5.75 Å². The van der Waals surface area contributed by atoms with E-state index in [0.717, 1.165) is 5.25 Å². The van der Waals surface area contributed by atoms with Gasteiger partial charge in [-0.2, -0.15) is 11.8 Å². The van der Waals surface area contributed by atoms with Gasteiger partial charge in [0.05, 0.1) is 0 Å². The zero-order chi connectivity index (χ0) is 6.69. The molecule has 0 aliphatic carbocycles. The second kappa shape index (κ2) is 3.31. The van der Waals surface area contributed by atoms with E-state index in [-0.39, 0.29) is 0 Å². The van der Waals surface area contributed by atoms with E-state index in [1.54, 1.807) is 5.57 Å².